The summed E-state index contributed by atoms with van der Waals surface area (Å²) in [5.74, 6) is 0. The molecule has 1 aromatic carbocycles. The highest BCUT2D eigenvalue weighted by molar-refractivity contribution is 6.31. The lowest BCUT2D eigenvalue weighted by atomic mass is 10.2. The third kappa shape index (κ3) is 3.12. The lowest BCUT2D eigenvalue weighted by molar-refractivity contribution is 0.0101. The molecule has 0 bridgehead atoms. The highest BCUT2D eigenvalue weighted by Crippen LogP contribution is 2.22. The van der Waals surface area contributed by atoms with Crippen molar-refractivity contribution >= 4 is 17.3 Å². The zero-order valence-electron chi connectivity index (χ0n) is 7.34. The minimum atomic E-state index is -2.47. The first-order chi connectivity index (χ1) is 6.61. The lowest BCUT2D eigenvalue weighted by Gasteiger charge is -2.08. The first kappa shape index (κ1) is 11.2. The van der Waals surface area contributed by atoms with Crippen molar-refractivity contribution in [3.63, 3.8) is 0 Å². The summed E-state index contributed by atoms with van der Waals surface area (Å²) in [6.07, 6.45) is -2.47. The second-order valence-electron chi connectivity index (χ2n) is 2.71. The van der Waals surface area contributed by atoms with Gasteiger partial charge >= 0.3 is 0 Å². The molecular weight excluding hydrogens is 212 g/mol. The lowest BCUT2D eigenvalue weighted by Crippen LogP contribution is -2.06. The van der Waals surface area contributed by atoms with Crippen molar-refractivity contribution in [1.82, 2.24) is 0 Å². The molecule has 78 valence electrons. The van der Waals surface area contributed by atoms with Crippen LogP contribution in [0.25, 0.3) is 0 Å². The summed E-state index contributed by atoms with van der Waals surface area (Å²) in [5, 5.41) is 0.430. The number of anilines is 1. The van der Waals surface area contributed by atoms with E-state index in [0.29, 0.717) is 16.3 Å². The third-order valence-electron chi connectivity index (χ3n) is 1.65. The average Bonchev–Trinajstić information content (AvgIpc) is 2.09. The van der Waals surface area contributed by atoms with Gasteiger partial charge in [0, 0.05) is 16.3 Å². The molecule has 0 unspecified atom stereocenters. The average molecular weight is 222 g/mol. The number of halogens is 3. The van der Waals surface area contributed by atoms with Gasteiger partial charge in [0.15, 0.2) is 0 Å². The van der Waals surface area contributed by atoms with Crippen LogP contribution in [0.4, 0.5) is 14.5 Å². The first-order valence-corrected chi connectivity index (χ1v) is 4.38. The van der Waals surface area contributed by atoms with Crippen molar-refractivity contribution in [3.8, 4) is 0 Å². The number of ether oxygens (including phenoxy) is 1. The van der Waals surface area contributed by atoms with Gasteiger partial charge < -0.3 is 10.5 Å². The van der Waals surface area contributed by atoms with Crippen LogP contribution >= 0.6 is 11.6 Å². The summed E-state index contributed by atoms with van der Waals surface area (Å²) in [5.41, 5.74) is 6.59. The predicted octanol–water partition coefficient (Wildman–Crippen LogP) is 2.70. The Kier molecular flexibility index (Phi) is 4.10. The highest BCUT2D eigenvalue weighted by Gasteiger charge is 2.06. The van der Waals surface area contributed by atoms with Gasteiger partial charge in [0.05, 0.1) is 6.61 Å². The fourth-order valence-electron chi connectivity index (χ4n) is 0.978. The van der Waals surface area contributed by atoms with Gasteiger partial charge in [-0.1, -0.05) is 17.7 Å². The third-order valence-corrected chi connectivity index (χ3v) is 2.00. The van der Waals surface area contributed by atoms with E-state index in [-0.39, 0.29) is 6.61 Å². The van der Waals surface area contributed by atoms with Crippen molar-refractivity contribution in [2.24, 2.45) is 0 Å². The van der Waals surface area contributed by atoms with Gasteiger partial charge in [-0.05, 0) is 12.1 Å². The maximum Gasteiger partial charge on any atom is 0.261 e. The Labute approximate surface area is 85.6 Å². The van der Waals surface area contributed by atoms with Crippen LogP contribution in [-0.4, -0.2) is 13.0 Å². The van der Waals surface area contributed by atoms with Crippen LogP contribution in [0, 0.1) is 0 Å². The quantitative estimate of drug-likeness (QED) is 0.794. The van der Waals surface area contributed by atoms with Gasteiger partial charge in [-0.2, -0.15) is 0 Å². The fraction of sp³-hybridized carbons (Fsp3) is 0.333. The Morgan fingerprint density at radius 1 is 1.43 bits per heavy atom. The number of alkyl halides is 2. The molecular formula is C9H10ClF2NO. The molecule has 0 spiro atoms. The molecule has 0 amide bonds. The maximum absolute atomic E-state index is 11.7. The molecule has 0 atom stereocenters. The van der Waals surface area contributed by atoms with E-state index in [9.17, 15) is 8.78 Å². The fourth-order valence-corrected chi connectivity index (χ4v) is 1.21. The van der Waals surface area contributed by atoms with E-state index >= 15 is 0 Å². The van der Waals surface area contributed by atoms with Crippen molar-refractivity contribution in [2.45, 2.75) is 13.0 Å². The summed E-state index contributed by atoms with van der Waals surface area (Å²) >= 11 is 5.80. The Morgan fingerprint density at radius 2 is 2.14 bits per heavy atom. The number of hydrogen-bond donors (Lipinski definition) is 1. The van der Waals surface area contributed by atoms with Gasteiger partial charge in [-0.25, -0.2) is 8.78 Å². The van der Waals surface area contributed by atoms with Gasteiger partial charge in [-0.15, -0.1) is 0 Å². The second kappa shape index (κ2) is 5.12. The topological polar surface area (TPSA) is 35.2 Å². The number of rotatable bonds is 4. The van der Waals surface area contributed by atoms with E-state index in [2.05, 4.69) is 0 Å². The van der Waals surface area contributed by atoms with Crippen LogP contribution in [0.15, 0.2) is 18.2 Å². The molecule has 0 saturated heterocycles. The zero-order chi connectivity index (χ0) is 10.6. The normalized spacial score (nSPS) is 10.9. The SMILES string of the molecule is Nc1cccc(Cl)c1COCC(F)F. The van der Waals surface area contributed by atoms with Crippen LogP contribution in [0.5, 0.6) is 0 Å². The van der Waals surface area contributed by atoms with Crippen molar-refractivity contribution in [3.05, 3.63) is 28.8 Å². The summed E-state index contributed by atoms with van der Waals surface area (Å²) in [6, 6.07) is 4.97. The van der Waals surface area contributed by atoms with Crippen LogP contribution in [0.2, 0.25) is 5.02 Å². The molecule has 0 aliphatic carbocycles. The molecule has 0 aliphatic rings. The first-order valence-electron chi connectivity index (χ1n) is 4.00. The van der Waals surface area contributed by atoms with Crippen LogP contribution < -0.4 is 5.73 Å². The molecule has 0 heterocycles. The molecule has 1 rings (SSSR count). The Balaban J connectivity index is 2.58. The van der Waals surface area contributed by atoms with Crippen molar-refractivity contribution in [1.29, 1.82) is 0 Å². The number of nitrogens with two attached hydrogens (primary N) is 1. The predicted molar refractivity (Wildman–Crippen MR) is 51.5 cm³/mol. The zero-order valence-corrected chi connectivity index (χ0v) is 8.10. The number of hydrogen-bond acceptors (Lipinski definition) is 2. The van der Waals surface area contributed by atoms with Crippen LogP contribution in [0.1, 0.15) is 5.56 Å². The van der Waals surface area contributed by atoms with Crippen LogP contribution in [-0.2, 0) is 11.3 Å². The van der Waals surface area contributed by atoms with E-state index in [4.69, 9.17) is 22.1 Å². The summed E-state index contributed by atoms with van der Waals surface area (Å²) < 4.78 is 28.2. The Bertz CT molecular complexity index is 287. The molecule has 0 radical (unpaired) electrons. The Morgan fingerprint density at radius 3 is 2.71 bits per heavy atom. The van der Waals surface area contributed by atoms with Crippen molar-refractivity contribution in [2.75, 3.05) is 12.3 Å². The summed E-state index contributed by atoms with van der Waals surface area (Å²) in [6.45, 7) is -0.597. The minimum absolute atomic E-state index is 0.00977. The molecule has 5 heteroatoms. The molecule has 14 heavy (non-hydrogen) atoms. The van der Waals surface area contributed by atoms with E-state index < -0.39 is 13.0 Å². The van der Waals surface area contributed by atoms with Gasteiger partial charge in [-0.3, -0.25) is 0 Å². The van der Waals surface area contributed by atoms with Crippen molar-refractivity contribution < 1.29 is 13.5 Å². The molecule has 0 fully saturated rings. The van der Waals surface area contributed by atoms with Crippen LogP contribution in [0.3, 0.4) is 0 Å². The van der Waals surface area contributed by atoms with E-state index in [1.54, 1.807) is 18.2 Å². The highest BCUT2D eigenvalue weighted by atomic mass is 35.5. The second-order valence-corrected chi connectivity index (χ2v) is 3.12. The van der Waals surface area contributed by atoms with Gasteiger partial charge in [0.25, 0.3) is 6.43 Å². The van der Waals surface area contributed by atoms with Gasteiger partial charge in [0.1, 0.15) is 6.61 Å². The summed E-state index contributed by atoms with van der Waals surface area (Å²) in [4.78, 5) is 0. The largest absolute Gasteiger partial charge is 0.398 e. The minimum Gasteiger partial charge on any atom is -0.398 e. The molecule has 1 aromatic rings. The van der Waals surface area contributed by atoms with E-state index in [1.807, 2.05) is 0 Å². The molecule has 0 saturated carbocycles. The molecule has 0 aromatic heterocycles. The summed E-state index contributed by atoms with van der Waals surface area (Å²) in [7, 11) is 0. The number of benzene rings is 1. The molecule has 2 nitrogen and oxygen atoms in total. The monoisotopic (exact) mass is 221 g/mol. The maximum atomic E-state index is 11.7. The van der Waals surface area contributed by atoms with E-state index in [0.717, 1.165) is 0 Å². The Hall–Kier alpha value is -0.870. The van der Waals surface area contributed by atoms with Gasteiger partial charge in [0.2, 0.25) is 0 Å². The number of nitrogen functional groups attached to an aromatic ring is 1. The van der Waals surface area contributed by atoms with E-state index in [1.165, 1.54) is 0 Å². The molecule has 0 aliphatic heterocycles. The molecule has 2 N–H and O–H groups in total. The smallest absolute Gasteiger partial charge is 0.261 e. The standard InChI is InChI=1S/C9H10ClF2NO/c10-7-2-1-3-8(13)6(7)4-14-5-9(11)12/h1-3,9H,4-5,13H2.